The predicted molar refractivity (Wildman–Crippen MR) is 89.8 cm³/mol. The minimum absolute atomic E-state index is 0.751. The minimum atomic E-state index is 0.751. The number of halogens is 1. The molecule has 3 aromatic rings. The third kappa shape index (κ3) is 3.16. The van der Waals surface area contributed by atoms with Gasteiger partial charge in [-0.15, -0.1) is 0 Å². The van der Waals surface area contributed by atoms with Crippen LogP contribution >= 0.6 is 15.9 Å². The molecule has 0 spiro atoms. The highest BCUT2D eigenvalue weighted by molar-refractivity contribution is 9.10. The van der Waals surface area contributed by atoms with E-state index in [0.29, 0.717) is 0 Å². The van der Waals surface area contributed by atoms with Crippen LogP contribution in [0.4, 0.5) is 5.69 Å². The lowest BCUT2D eigenvalue weighted by Crippen LogP contribution is -2.00. The molecule has 0 atom stereocenters. The number of nitrogens with zero attached hydrogens (tertiary/aromatic N) is 1. The Morgan fingerprint density at radius 3 is 2.95 bits per heavy atom. The lowest BCUT2D eigenvalue weighted by molar-refractivity contribution is 0.414. The molecular formula is C17H15BrN2O. The number of nitrogens with one attached hydrogen (secondary N) is 1. The normalized spacial score (nSPS) is 10.6. The number of hydrogen-bond donors (Lipinski definition) is 1. The molecule has 0 aliphatic heterocycles. The van der Waals surface area contributed by atoms with Crippen molar-refractivity contribution in [2.75, 3.05) is 12.4 Å². The lowest BCUT2D eigenvalue weighted by Gasteiger charge is -2.11. The van der Waals surface area contributed by atoms with E-state index in [-0.39, 0.29) is 0 Å². The van der Waals surface area contributed by atoms with E-state index in [4.69, 9.17) is 4.74 Å². The number of anilines is 1. The van der Waals surface area contributed by atoms with Crippen LogP contribution in [0.25, 0.3) is 10.8 Å². The number of fused-ring (bicyclic) bond motifs is 1. The molecule has 0 unspecified atom stereocenters. The zero-order chi connectivity index (χ0) is 14.7. The van der Waals surface area contributed by atoms with Crippen LogP contribution in [0, 0.1) is 0 Å². The Morgan fingerprint density at radius 2 is 2.10 bits per heavy atom. The molecule has 0 radical (unpaired) electrons. The van der Waals surface area contributed by atoms with Crippen LogP contribution < -0.4 is 10.1 Å². The van der Waals surface area contributed by atoms with E-state index in [1.165, 1.54) is 10.9 Å². The summed E-state index contributed by atoms with van der Waals surface area (Å²) in [4.78, 5) is 4.16. The van der Waals surface area contributed by atoms with Crippen molar-refractivity contribution in [1.82, 2.24) is 4.98 Å². The minimum Gasteiger partial charge on any atom is -0.497 e. The summed E-state index contributed by atoms with van der Waals surface area (Å²) in [7, 11) is 1.67. The van der Waals surface area contributed by atoms with Crippen molar-refractivity contribution in [3.05, 3.63) is 64.9 Å². The zero-order valence-electron chi connectivity index (χ0n) is 11.6. The first kappa shape index (κ1) is 13.9. The average Bonchev–Trinajstić information content (AvgIpc) is 2.52. The quantitative estimate of drug-likeness (QED) is 0.751. The zero-order valence-corrected chi connectivity index (χ0v) is 13.2. The van der Waals surface area contributed by atoms with E-state index in [9.17, 15) is 0 Å². The first-order chi connectivity index (χ1) is 10.3. The van der Waals surface area contributed by atoms with Gasteiger partial charge in [0.1, 0.15) is 5.75 Å². The maximum Gasteiger partial charge on any atom is 0.122 e. The van der Waals surface area contributed by atoms with Crippen LogP contribution in [0.2, 0.25) is 0 Å². The smallest absolute Gasteiger partial charge is 0.122 e. The van der Waals surface area contributed by atoms with Crippen LogP contribution in [0.15, 0.2) is 59.3 Å². The second-order valence-corrected chi connectivity index (χ2v) is 5.66. The summed E-state index contributed by atoms with van der Waals surface area (Å²) in [5.74, 6) is 0.828. The number of rotatable bonds is 4. The van der Waals surface area contributed by atoms with E-state index in [1.807, 2.05) is 36.7 Å². The Balaban J connectivity index is 1.85. The summed E-state index contributed by atoms with van der Waals surface area (Å²) in [6.07, 6.45) is 3.72. The van der Waals surface area contributed by atoms with Gasteiger partial charge in [-0.25, -0.2) is 0 Å². The number of pyridine rings is 1. The maximum absolute atomic E-state index is 5.28. The molecule has 2 aromatic carbocycles. The summed E-state index contributed by atoms with van der Waals surface area (Å²) >= 11 is 3.49. The Bertz CT molecular complexity index is 768. The van der Waals surface area contributed by atoms with E-state index in [0.717, 1.165) is 27.8 Å². The van der Waals surface area contributed by atoms with E-state index >= 15 is 0 Å². The van der Waals surface area contributed by atoms with Gasteiger partial charge in [-0.2, -0.15) is 0 Å². The van der Waals surface area contributed by atoms with Gasteiger partial charge in [0.05, 0.1) is 7.11 Å². The first-order valence-corrected chi connectivity index (χ1v) is 7.45. The van der Waals surface area contributed by atoms with E-state index in [1.54, 1.807) is 7.11 Å². The Labute approximate surface area is 132 Å². The van der Waals surface area contributed by atoms with Gasteiger partial charge < -0.3 is 10.1 Å². The van der Waals surface area contributed by atoms with Crippen LogP contribution in [0.5, 0.6) is 5.75 Å². The van der Waals surface area contributed by atoms with Crippen molar-refractivity contribution in [2.45, 2.75) is 6.54 Å². The molecule has 0 amide bonds. The fraction of sp³-hybridized carbons (Fsp3) is 0.118. The standard InChI is InChI=1S/C17H15BrN2O/c1-21-16-8-14(18)7-15(9-16)20-11-13-4-2-3-12-10-19-6-5-17(12)13/h2-10,20H,11H2,1H3. The van der Waals surface area contributed by atoms with Crippen LogP contribution in [-0.2, 0) is 6.54 Å². The lowest BCUT2D eigenvalue weighted by atomic mass is 10.1. The van der Waals surface area contributed by atoms with Crippen LogP contribution in [0.1, 0.15) is 5.56 Å². The Hall–Kier alpha value is -2.07. The molecule has 0 aliphatic rings. The predicted octanol–water partition coefficient (Wildman–Crippen LogP) is 4.62. The van der Waals surface area contributed by atoms with Gasteiger partial charge in [0.2, 0.25) is 0 Å². The molecule has 0 aliphatic carbocycles. The second kappa shape index (κ2) is 6.14. The summed E-state index contributed by atoms with van der Waals surface area (Å²) in [5, 5.41) is 5.82. The largest absolute Gasteiger partial charge is 0.497 e. The van der Waals surface area contributed by atoms with Crippen molar-refractivity contribution in [1.29, 1.82) is 0 Å². The van der Waals surface area contributed by atoms with E-state index in [2.05, 4.69) is 44.4 Å². The van der Waals surface area contributed by atoms with Crippen molar-refractivity contribution in [3.63, 3.8) is 0 Å². The van der Waals surface area contributed by atoms with Gasteiger partial charge >= 0.3 is 0 Å². The Kier molecular flexibility index (Phi) is 4.06. The molecule has 106 valence electrons. The third-order valence-electron chi connectivity index (χ3n) is 3.36. The van der Waals surface area contributed by atoms with Gasteiger partial charge in [-0.1, -0.05) is 34.1 Å². The molecule has 1 aromatic heterocycles. The molecule has 1 N–H and O–H groups in total. The number of ether oxygens (including phenoxy) is 1. The molecule has 3 rings (SSSR count). The molecule has 1 heterocycles. The first-order valence-electron chi connectivity index (χ1n) is 6.66. The average molecular weight is 343 g/mol. The molecule has 0 saturated carbocycles. The number of methoxy groups -OCH3 is 1. The van der Waals surface area contributed by atoms with E-state index < -0.39 is 0 Å². The summed E-state index contributed by atoms with van der Waals surface area (Å²) in [5.41, 5.74) is 2.26. The highest BCUT2D eigenvalue weighted by Gasteiger charge is 2.03. The van der Waals surface area contributed by atoms with Crippen molar-refractivity contribution >= 4 is 32.4 Å². The molecule has 3 nitrogen and oxygen atoms in total. The Morgan fingerprint density at radius 1 is 1.19 bits per heavy atom. The summed E-state index contributed by atoms with van der Waals surface area (Å²) in [6, 6.07) is 14.3. The topological polar surface area (TPSA) is 34.1 Å². The van der Waals surface area contributed by atoms with Crippen LogP contribution in [0.3, 0.4) is 0 Å². The molecule has 4 heteroatoms. The molecule has 0 fully saturated rings. The van der Waals surface area contributed by atoms with Gasteiger partial charge in [0.25, 0.3) is 0 Å². The van der Waals surface area contributed by atoms with Gasteiger partial charge in [-0.05, 0) is 29.1 Å². The number of hydrogen-bond acceptors (Lipinski definition) is 3. The highest BCUT2D eigenvalue weighted by atomic mass is 79.9. The molecule has 21 heavy (non-hydrogen) atoms. The third-order valence-corrected chi connectivity index (χ3v) is 3.82. The highest BCUT2D eigenvalue weighted by Crippen LogP contribution is 2.25. The maximum atomic E-state index is 5.28. The fourth-order valence-electron chi connectivity index (χ4n) is 2.32. The number of aromatic nitrogens is 1. The summed E-state index contributed by atoms with van der Waals surface area (Å²) in [6.45, 7) is 0.751. The molecule has 0 bridgehead atoms. The SMILES string of the molecule is COc1cc(Br)cc(NCc2cccc3cnccc23)c1. The van der Waals surface area contributed by atoms with Gasteiger partial charge in [0, 0.05) is 40.6 Å². The summed E-state index contributed by atoms with van der Waals surface area (Å²) < 4.78 is 6.27. The second-order valence-electron chi connectivity index (χ2n) is 4.75. The van der Waals surface area contributed by atoms with Gasteiger partial charge in [-0.3, -0.25) is 4.98 Å². The van der Waals surface area contributed by atoms with Crippen molar-refractivity contribution in [2.24, 2.45) is 0 Å². The number of benzene rings is 2. The monoisotopic (exact) mass is 342 g/mol. The van der Waals surface area contributed by atoms with Gasteiger partial charge in [0.15, 0.2) is 0 Å². The molecule has 0 saturated heterocycles. The van der Waals surface area contributed by atoms with Crippen molar-refractivity contribution < 1.29 is 4.74 Å². The fourth-order valence-corrected chi connectivity index (χ4v) is 2.80. The molecular weight excluding hydrogens is 328 g/mol. The van der Waals surface area contributed by atoms with Crippen molar-refractivity contribution in [3.8, 4) is 5.75 Å². The van der Waals surface area contributed by atoms with Crippen LogP contribution in [-0.4, -0.2) is 12.1 Å².